The molecule has 0 unspecified atom stereocenters. The lowest BCUT2D eigenvalue weighted by Crippen LogP contribution is -2.47. The third-order valence-electron chi connectivity index (χ3n) is 5.18. The van der Waals surface area contributed by atoms with Crippen molar-refractivity contribution in [1.29, 1.82) is 0 Å². The van der Waals surface area contributed by atoms with E-state index in [4.69, 9.17) is 0 Å². The molecule has 1 fully saturated rings. The van der Waals surface area contributed by atoms with Crippen molar-refractivity contribution in [2.45, 2.75) is 44.8 Å². The summed E-state index contributed by atoms with van der Waals surface area (Å²) in [6, 6.07) is 17.2. The quantitative estimate of drug-likeness (QED) is 0.653. The zero-order chi connectivity index (χ0) is 22.1. The molecular weight excluding hydrogens is 407 g/mol. The molecule has 1 aliphatic rings. The summed E-state index contributed by atoms with van der Waals surface area (Å²) in [5.74, 6) is 0. The minimum atomic E-state index is -4.32. The fourth-order valence-electron chi connectivity index (χ4n) is 3.53. The summed E-state index contributed by atoms with van der Waals surface area (Å²) in [5.41, 5.74) is 2.82. The van der Waals surface area contributed by atoms with Crippen LogP contribution in [0.5, 0.6) is 0 Å². The van der Waals surface area contributed by atoms with Crippen LogP contribution in [0.2, 0.25) is 0 Å². The van der Waals surface area contributed by atoms with E-state index in [9.17, 15) is 18.0 Å². The van der Waals surface area contributed by atoms with Gasteiger partial charge in [-0.15, -0.1) is 0 Å². The zero-order valence-corrected chi connectivity index (χ0v) is 17.3. The van der Waals surface area contributed by atoms with Crippen molar-refractivity contribution >= 4 is 6.03 Å². The lowest BCUT2D eigenvalue weighted by molar-refractivity contribution is -0.176. The molecule has 0 radical (unpaired) electrons. The molecule has 2 amide bonds. The molecule has 8 heteroatoms. The van der Waals surface area contributed by atoms with Crippen LogP contribution in [-0.4, -0.2) is 42.8 Å². The summed E-state index contributed by atoms with van der Waals surface area (Å²) >= 11 is 0. The summed E-state index contributed by atoms with van der Waals surface area (Å²) in [6.07, 6.45) is -2.50. The maximum absolute atomic E-state index is 12.2. The third kappa shape index (κ3) is 8.59. The Morgan fingerprint density at radius 3 is 2.26 bits per heavy atom. The summed E-state index contributed by atoms with van der Waals surface area (Å²) < 4.78 is 40.9. The number of hydrogen-bond acceptors (Lipinski definition) is 3. The second-order valence-corrected chi connectivity index (χ2v) is 7.79. The van der Waals surface area contributed by atoms with Gasteiger partial charge in [0.1, 0.15) is 6.61 Å². The minimum Gasteiger partial charge on any atom is -0.367 e. The first-order valence-electron chi connectivity index (χ1n) is 10.4. The average molecular weight is 435 g/mol. The summed E-state index contributed by atoms with van der Waals surface area (Å²) in [4.78, 5) is 14.6. The van der Waals surface area contributed by atoms with Gasteiger partial charge in [0.2, 0.25) is 0 Å². The number of hydrogen-bond donors (Lipinski definition) is 2. The van der Waals surface area contributed by atoms with Crippen molar-refractivity contribution in [3.05, 3.63) is 71.3 Å². The molecule has 0 saturated carbocycles. The Balaban J connectivity index is 1.32. The van der Waals surface area contributed by atoms with Gasteiger partial charge in [0, 0.05) is 32.2 Å². The Bertz CT molecular complexity index is 805. The van der Waals surface area contributed by atoms with E-state index in [1.165, 1.54) is 5.56 Å². The summed E-state index contributed by atoms with van der Waals surface area (Å²) in [5, 5.41) is 5.86. The number of halogens is 3. The van der Waals surface area contributed by atoms with Gasteiger partial charge in [-0.25, -0.2) is 4.79 Å². The first-order chi connectivity index (χ1) is 14.9. The smallest absolute Gasteiger partial charge is 0.367 e. The lowest BCUT2D eigenvalue weighted by Gasteiger charge is -2.32. The Morgan fingerprint density at radius 2 is 1.61 bits per heavy atom. The number of likely N-dealkylation sites (tertiary alicyclic amines) is 1. The van der Waals surface area contributed by atoms with Crippen molar-refractivity contribution in [2.75, 3.05) is 19.7 Å². The number of rotatable bonds is 8. The predicted octanol–water partition coefficient (Wildman–Crippen LogP) is 4.23. The van der Waals surface area contributed by atoms with Crippen molar-refractivity contribution in [2.24, 2.45) is 0 Å². The highest BCUT2D eigenvalue weighted by molar-refractivity contribution is 5.74. The third-order valence-corrected chi connectivity index (χ3v) is 5.18. The molecule has 0 spiro atoms. The number of alkyl halides is 3. The highest BCUT2D eigenvalue weighted by Crippen LogP contribution is 2.16. The zero-order valence-electron chi connectivity index (χ0n) is 17.3. The Hall–Kier alpha value is -2.58. The van der Waals surface area contributed by atoms with Gasteiger partial charge in [-0.05, 0) is 29.5 Å². The fraction of sp³-hybridized carbons (Fsp3) is 0.435. The van der Waals surface area contributed by atoms with Crippen molar-refractivity contribution in [1.82, 2.24) is 15.5 Å². The molecule has 5 nitrogen and oxygen atoms in total. The molecule has 2 aromatic carbocycles. The first kappa shape index (κ1) is 23.1. The second-order valence-electron chi connectivity index (χ2n) is 7.79. The van der Waals surface area contributed by atoms with Crippen LogP contribution in [0.15, 0.2) is 54.6 Å². The number of amides is 2. The van der Waals surface area contributed by atoms with Crippen LogP contribution in [0.3, 0.4) is 0 Å². The van der Waals surface area contributed by atoms with Crippen LogP contribution in [0, 0.1) is 0 Å². The van der Waals surface area contributed by atoms with Gasteiger partial charge in [0.15, 0.2) is 0 Å². The molecule has 2 aromatic rings. The number of ether oxygens (including phenoxy) is 1. The highest BCUT2D eigenvalue weighted by Gasteiger charge is 2.27. The van der Waals surface area contributed by atoms with E-state index < -0.39 is 12.8 Å². The van der Waals surface area contributed by atoms with Crippen LogP contribution in [-0.2, 0) is 24.4 Å². The molecule has 1 heterocycles. The van der Waals surface area contributed by atoms with Crippen LogP contribution in [0.1, 0.15) is 29.5 Å². The lowest BCUT2D eigenvalue weighted by atomic mass is 10.0. The van der Waals surface area contributed by atoms with Gasteiger partial charge >= 0.3 is 12.2 Å². The first-order valence-corrected chi connectivity index (χ1v) is 10.4. The SMILES string of the molecule is O=C(NCc1ccc(COCC(F)(F)F)cc1)NC1CCN(Cc2ccccc2)CC1. The molecule has 31 heavy (non-hydrogen) atoms. The van der Waals surface area contributed by atoms with Crippen LogP contribution >= 0.6 is 0 Å². The topological polar surface area (TPSA) is 53.6 Å². The molecule has 0 aliphatic carbocycles. The van der Waals surface area contributed by atoms with E-state index in [1.54, 1.807) is 24.3 Å². The number of urea groups is 1. The predicted molar refractivity (Wildman–Crippen MR) is 112 cm³/mol. The fourth-order valence-corrected chi connectivity index (χ4v) is 3.53. The van der Waals surface area contributed by atoms with Gasteiger partial charge in [0.25, 0.3) is 0 Å². The van der Waals surface area contributed by atoms with E-state index in [-0.39, 0.29) is 18.7 Å². The number of carbonyl (C=O) groups is 1. The number of piperidine rings is 1. The van der Waals surface area contributed by atoms with Crippen LogP contribution in [0.4, 0.5) is 18.0 Å². The van der Waals surface area contributed by atoms with Crippen LogP contribution in [0.25, 0.3) is 0 Å². The standard InChI is InChI=1S/C23H28F3N3O2/c24-23(25,26)17-31-16-20-8-6-18(7-9-20)14-27-22(30)28-21-10-12-29(13-11-21)15-19-4-2-1-3-5-19/h1-9,21H,10-17H2,(H2,27,28,30). The average Bonchev–Trinajstić information content (AvgIpc) is 2.74. The van der Waals surface area contributed by atoms with E-state index in [1.807, 2.05) is 18.2 Å². The normalized spacial score (nSPS) is 15.6. The van der Waals surface area contributed by atoms with Gasteiger partial charge < -0.3 is 15.4 Å². The molecule has 3 rings (SSSR count). The monoisotopic (exact) mass is 435 g/mol. The molecule has 0 aromatic heterocycles. The van der Waals surface area contributed by atoms with E-state index in [2.05, 4.69) is 32.4 Å². The molecule has 168 valence electrons. The van der Waals surface area contributed by atoms with Crippen molar-refractivity contribution in [3.8, 4) is 0 Å². The number of nitrogens with one attached hydrogen (secondary N) is 2. The van der Waals surface area contributed by atoms with Gasteiger partial charge in [-0.2, -0.15) is 13.2 Å². The van der Waals surface area contributed by atoms with E-state index in [0.29, 0.717) is 12.1 Å². The van der Waals surface area contributed by atoms with Gasteiger partial charge in [0.05, 0.1) is 6.61 Å². The van der Waals surface area contributed by atoms with Crippen LogP contribution < -0.4 is 10.6 Å². The minimum absolute atomic E-state index is 0.101. The maximum Gasteiger partial charge on any atom is 0.411 e. The highest BCUT2D eigenvalue weighted by atomic mass is 19.4. The Labute approximate surface area is 180 Å². The van der Waals surface area contributed by atoms with E-state index in [0.717, 1.165) is 38.0 Å². The number of nitrogens with zero attached hydrogens (tertiary/aromatic N) is 1. The largest absolute Gasteiger partial charge is 0.411 e. The molecule has 2 N–H and O–H groups in total. The molecule has 1 saturated heterocycles. The number of benzene rings is 2. The second kappa shape index (κ2) is 11.2. The van der Waals surface area contributed by atoms with Gasteiger partial charge in [-0.3, -0.25) is 4.90 Å². The molecular formula is C23H28F3N3O2. The Morgan fingerprint density at radius 1 is 0.968 bits per heavy atom. The van der Waals surface area contributed by atoms with E-state index >= 15 is 0 Å². The summed E-state index contributed by atoms with van der Waals surface area (Å²) in [6.45, 7) is 1.80. The maximum atomic E-state index is 12.2. The van der Waals surface area contributed by atoms with Crippen molar-refractivity contribution in [3.63, 3.8) is 0 Å². The molecule has 0 bridgehead atoms. The van der Waals surface area contributed by atoms with Gasteiger partial charge in [-0.1, -0.05) is 54.6 Å². The Kier molecular flexibility index (Phi) is 8.31. The summed E-state index contributed by atoms with van der Waals surface area (Å²) in [7, 11) is 0. The molecule has 1 aliphatic heterocycles. The molecule has 0 atom stereocenters. The van der Waals surface area contributed by atoms with Crippen molar-refractivity contribution < 1.29 is 22.7 Å². The number of carbonyl (C=O) groups excluding carboxylic acids is 1.